The summed E-state index contributed by atoms with van der Waals surface area (Å²) in [5.41, 5.74) is 4.58. The number of aryl methyl sites for hydroxylation is 1. The molecule has 0 saturated carbocycles. The van der Waals surface area contributed by atoms with Gasteiger partial charge in [-0.05, 0) is 63.2 Å². The average molecular weight is 475 g/mol. The Bertz CT molecular complexity index is 1510. The molecule has 4 heterocycles. The van der Waals surface area contributed by atoms with Gasteiger partial charge in [-0.15, -0.1) is 12.4 Å². The molecule has 0 spiro atoms. The Kier molecular flexibility index (Phi) is 6.02. The highest BCUT2D eigenvalue weighted by Gasteiger charge is 2.14. The molecule has 1 fully saturated rings. The van der Waals surface area contributed by atoms with E-state index in [0.29, 0.717) is 16.7 Å². The third-order valence-electron chi connectivity index (χ3n) is 6.65. The molecule has 0 atom stereocenters. The van der Waals surface area contributed by atoms with Gasteiger partial charge in [0.1, 0.15) is 11.3 Å². The molecule has 2 aromatic carbocycles. The molecule has 6 nitrogen and oxygen atoms in total. The van der Waals surface area contributed by atoms with Crippen molar-refractivity contribution in [1.29, 1.82) is 0 Å². The Labute approximate surface area is 203 Å². The maximum atomic E-state index is 13.3. The molecule has 6 rings (SSSR count). The molecule has 0 bridgehead atoms. The highest BCUT2D eigenvalue weighted by molar-refractivity contribution is 5.85. The molecular formula is C27H27ClN4O2. The van der Waals surface area contributed by atoms with Gasteiger partial charge in [-0.1, -0.05) is 29.8 Å². The van der Waals surface area contributed by atoms with E-state index in [1.165, 1.54) is 31.5 Å². The number of rotatable bonds is 5. The van der Waals surface area contributed by atoms with Crippen LogP contribution < -0.4 is 5.56 Å². The van der Waals surface area contributed by atoms with E-state index >= 15 is 0 Å². The summed E-state index contributed by atoms with van der Waals surface area (Å²) in [6, 6.07) is 17.9. The fourth-order valence-corrected chi connectivity index (χ4v) is 4.74. The Hall–Kier alpha value is -3.35. The van der Waals surface area contributed by atoms with Crippen molar-refractivity contribution in [2.45, 2.75) is 26.3 Å². The van der Waals surface area contributed by atoms with Gasteiger partial charge in [0.15, 0.2) is 0 Å². The van der Waals surface area contributed by atoms with Gasteiger partial charge in [-0.2, -0.15) is 5.10 Å². The monoisotopic (exact) mass is 474 g/mol. The predicted molar refractivity (Wildman–Crippen MR) is 138 cm³/mol. The number of fused-ring (bicyclic) bond motifs is 2. The van der Waals surface area contributed by atoms with E-state index in [0.717, 1.165) is 35.2 Å². The number of pyridine rings is 1. The van der Waals surface area contributed by atoms with Gasteiger partial charge < -0.3 is 9.32 Å². The molecular weight excluding hydrogens is 448 g/mol. The van der Waals surface area contributed by atoms with Crippen molar-refractivity contribution in [2.24, 2.45) is 0 Å². The fraction of sp³-hybridized carbons (Fsp3) is 0.259. The van der Waals surface area contributed by atoms with Crippen LogP contribution in [0.5, 0.6) is 0 Å². The molecule has 0 aliphatic carbocycles. The summed E-state index contributed by atoms with van der Waals surface area (Å²) in [5.74, 6) is 0.703. The average Bonchev–Trinajstić information content (AvgIpc) is 3.58. The number of halogens is 1. The van der Waals surface area contributed by atoms with Gasteiger partial charge in [0, 0.05) is 29.4 Å². The van der Waals surface area contributed by atoms with Crippen LogP contribution in [0.25, 0.3) is 38.9 Å². The predicted octanol–water partition coefficient (Wildman–Crippen LogP) is 5.43. The minimum Gasteiger partial charge on any atom is -0.456 e. The zero-order valence-electron chi connectivity index (χ0n) is 19.1. The van der Waals surface area contributed by atoms with Crippen LogP contribution >= 0.6 is 12.4 Å². The van der Waals surface area contributed by atoms with Crippen LogP contribution in [0.2, 0.25) is 0 Å². The summed E-state index contributed by atoms with van der Waals surface area (Å²) in [5, 5.41) is 6.21. The van der Waals surface area contributed by atoms with Crippen molar-refractivity contribution in [3.63, 3.8) is 0 Å². The molecule has 0 unspecified atom stereocenters. The largest absolute Gasteiger partial charge is 0.456 e. The Morgan fingerprint density at radius 1 is 0.971 bits per heavy atom. The molecule has 0 radical (unpaired) electrons. The number of likely N-dealkylation sites (tertiary alicyclic amines) is 1. The lowest BCUT2D eigenvalue weighted by molar-refractivity contribution is 0.318. The quantitative estimate of drug-likeness (QED) is 0.341. The van der Waals surface area contributed by atoms with Crippen molar-refractivity contribution in [2.75, 3.05) is 19.6 Å². The minimum absolute atomic E-state index is 0. The van der Waals surface area contributed by atoms with Crippen LogP contribution in [0.15, 0.2) is 76.2 Å². The maximum Gasteiger partial charge on any atom is 0.266 e. The second-order valence-electron chi connectivity index (χ2n) is 8.91. The summed E-state index contributed by atoms with van der Waals surface area (Å²) in [7, 11) is 0. The van der Waals surface area contributed by atoms with Crippen molar-refractivity contribution in [3.8, 4) is 17.0 Å². The van der Waals surface area contributed by atoms with Gasteiger partial charge in [0.25, 0.3) is 5.56 Å². The first kappa shape index (κ1) is 22.4. The van der Waals surface area contributed by atoms with Crippen molar-refractivity contribution >= 4 is 34.3 Å². The molecule has 1 aliphatic heterocycles. The molecule has 7 heteroatoms. The first-order valence-electron chi connectivity index (χ1n) is 11.6. The fourth-order valence-electron chi connectivity index (χ4n) is 4.74. The molecule has 3 aromatic heterocycles. The number of hydrogen-bond acceptors (Lipinski definition) is 4. The van der Waals surface area contributed by atoms with Crippen molar-refractivity contribution < 1.29 is 4.42 Å². The highest BCUT2D eigenvalue weighted by atomic mass is 35.5. The van der Waals surface area contributed by atoms with Gasteiger partial charge in [-0.3, -0.25) is 14.0 Å². The maximum absolute atomic E-state index is 13.3. The zero-order chi connectivity index (χ0) is 22.4. The lowest BCUT2D eigenvalue weighted by Crippen LogP contribution is -2.24. The zero-order valence-corrected chi connectivity index (χ0v) is 19.9. The van der Waals surface area contributed by atoms with E-state index in [1.807, 2.05) is 54.7 Å². The smallest absolute Gasteiger partial charge is 0.266 e. The second-order valence-corrected chi connectivity index (χ2v) is 8.91. The van der Waals surface area contributed by atoms with Gasteiger partial charge in [0.2, 0.25) is 0 Å². The summed E-state index contributed by atoms with van der Waals surface area (Å²) < 4.78 is 9.72. The third-order valence-corrected chi connectivity index (χ3v) is 6.65. The lowest BCUT2D eigenvalue weighted by Gasteiger charge is -2.14. The lowest BCUT2D eigenvalue weighted by atomic mass is 10.1. The van der Waals surface area contributed by atoms with Crippen molar-refractivity contribution in [3.05, 3.63) is 82.9 Å². The second kappa shape index (κ2) is 9.12. The molecule has 1 aliphatic rings. The number of benzene rings is 2. The van der Waals surface area contributed by atoms with E-state index in [1.54, 1.807) is 10.8 Å². The van der Waals surface area contributed by atoms with Crippen molar-refractivity contribution in [1.82, 2.24) is 19.2 Å². The minimum atomic E-state index is -0.0876. The Balaban J connectivity index is 0.00000241. The number of aromatic nitrogens is 3. The van der Waals surface area contributed by atoms with E-state index in [9.17, 15) is 4.79 Å². The standard InChI is InChI=1S/C27H26N4O2.ClH/c1-19-4-6-20(7-5-19)26-17-23-25(33-26)10-13-30(27(23)32)22-8-9-24-21(16-22)18-28-31(24)15-14-29-11-2-3-12-29;/h4-10,13,16-18H,2-3,11-12,14-15H2,1H3;1H. The molecule has 0 N–H and O–H groups in total. The molecule has 34 heavy (non-hydrogen) atoms. The summed E-state index contributed by atoms with van der Waals surface area (Å²) in [6.07, 6.45) is 6.27. The van der Waals surface area contributed by atoms with E-state index < -0.39 is 0 Å². The van der Waals surface area contributed by atoms with Gasteiger partial charge in [0.05, 0.1) is 23.6 Å². The Morgan fingerprint density at radius 3 is 2.56 bits per heavy atom. The van der Waals surface area contributed by atoms with Crippen LogP contribution in [0.3, 0.4) is 0 Å². The SMILES string of the molecule is Cc1ccc(-c2cc3c(=O)n(-c4ccc5c(cnn5CCN5CCCC5)c4)ccc3o2)cc1.Cl. The van der Waals surface area contributed by atoms with Gasteiger partial charge >= 0.3 is 0 Å². The van der Waals surface area contributed by atoms with Crippen LogP contribution in [-0.2, 0) is 6.54 Å². The highest BCUT2D eigenvalue weighted by Crippen LogP contribution is 2.27. The number of hydrogen-bond donors (Lipinski definition) is 0. The summed E-state index contributed by atoms with van der Waals surface area (Å²) in [6.45, 7) is 6.34. The molecule has 1 saturated heterocycles. The summed E-state index contributed by atoms with van der Waals surface area (Å²) in [4.78, 5) is 15.8. The van der Waals surface area contributed by atoms with E-state index in [2.05, 4.69) is 27.7 Å². The molecule has 5 aromatic rings. The first-order valence-corrected chi connectivity index (χ1v) is 11.6. The van der Waals surface area contributed by atoms with E-state index in [-0.39, 0.29) is 18.0 Å². The summed E-state index contributed by atoms with van der Waals surface area (Å²) >= 11 is 0. The molecule has 0 amide bonds. The van der Waals surface area contributed by atoms with Crippen LogP contribution in [0, 0.1) is 6.92 Å². The van der Waals surface area contributed by atoms with Gasteiger partial charge in [-0.25, -0.2) is 0 Å². The van der Waals surface area contributed by atoms with Crippen LogP contribution in [0.1, 0.15) is 18.4 Å². The Morgan fingerprint density at radius 2 is 1.76 bits per heavy atom. The molecule has 174 valence electrons. The normalized spacial score (nSPS) is 14.1. The number of furan rings is 1. The first-order chi connectivity index (χ1) is 16.2. The van der Waals surface area contributed by atoms with Crippen LogP contribution in [-0.4, -0.2) is 38.9 Å². The van der Waals surface area contributed by atoms with Crippen LogP contribution in [0.4, 0.5) is 0 Å². The van der Waals surface area contributed by atoms with E-state index in [4.69, 9.17) is 4.42 Å². The third kappa shape index (κ3) is 4.04. The topological polar surface area (TPSA) is 56.2 Å². The number of nitrogens with zero attached hydrogens (tertiary/aromatic N) is 4.